The van der Waals surface area contributed by atoms with E-state index in [-0.39, 0.29) is 11.5 Å². The van der Waals surface area contributed by atoms with Crippen molar-refractivity contribution in [2.45, 2.75) is 11.5 Å². The Labute approximate surface area is 107 Å². The smallest absolute Gasteiger partial charge is 0.175 e. The molecule has 1 aromatic rings. The van der Waals surface area contributed by atoms with Crippen LogP contribution in [0.2, 0.25) is 0 Å². The Hall–Kier alpha value is -1.11. The zero-order chi connectivity index (χ0) is 13.2. The van der Waals surface area contributed by atoms with Gasteiger partial charge in [-0.05, 0) is 18.2 Å². The number of morpholine rings is 1. The molecule has 0 aliphatic carbocycles. The lowest BCUT2D eigenvalue weighted by Crippen LogP contribution is -2.36. The van der Waals surface area contributed by atoms with Gasteiger partial charge in [0.25, 0.3) is 0 Å². The SMILES string of the molecule is CS(=O)(=O)c1ccc(N2CCOCC2)c(CO)c1. The summed E-state index contributed by atoms with van der Waals surface area (Å²) >= 11 is 0. The molecule has 0 aromatic heterocycles. The van der Waals surface area contributed by atoms with Crippen molar-refractivity contribution >= 4 is 15.5 Å². The fraction of sp³-hybridized carbons (Fsp3) is 0.500. The van der Waals surface area contributed by atoms with Gasteiger partial charge in [-0.2, -0.15) is 0 Å². The topological polar surface area (TPSA) is 66.8 Å². The number of anilines is 1. The van der Waals surface area contributed by atoms with Gasteiger partial charge in [0.05, 0.1) is 24.7 Å². The molecule has 1 aromatic carbocycles. The number of nitrogens with zero attached hydrogens (tertiary/aromatic N) is 1. The van der Waals surface area contributed by atoms with Crippen molar-refractivity contribution in [2.24, 2.45) is 0 Å². The molecule has 1 saturated heterocycles. The average Bonchev–Trinajstić information content (AvgIpc) is 2.38. The number of ether oxygens (including phenoxy) is 1. The molecule has 1 heterocycles. The molecule has 18 heavy (non-hydrogen) atoms. The molecule has 0 atom stereocenters. The molecular weight excluding hydrogens is 254 g/mol. The molecule has 100 valence electrons. The predicted molar refractivity (Wildman–Crippen MR) is 68.5 cm³/mol. The van der Waals surface area contributed by atoms with Gasteiger partial charge in [0, 0.05) is 30.6 Å². The van der Waals surface area contributed by atoms with Crippen LogP contribution < -0.4 is 4.90 Å². The Bertz CT molecular complexity index is 521. The number of hydrogen-bond acceptors (Lipinski definition) is 5. The van der Waals surface area contributed by atoms with E-state index in [0.29, 0.717) is 18.8 Å². The van der Waals surface area contributed by atoms with Crippen LogP contribution in [0.1, 0.15) is 5.56 Å². The third kappa shape index (κ3) is 2.82. The number of aliphatic hydroxyl groups is 1. The second-order valence-electron chi connectivity index (χ2n) is 4.32. The first-order chi connectivity index (χ1) is 8.52. The Kier molecular flexibility index (Phi) is 3.89. The van der Waals surface area contributed by atoms with E-state index in [1.54, 1.807) is 18.2 Å². The molecule has 0 unspecified atom stereocenters. The van der Waals surface area contributed by atoms with Crippen LogP contribution in [0.15, 0.2) is 23.1 Å². The molecule has 1 aliphatic rings. The van der Waals surface area contributed by atoms with Gasteiger partial charge in [-0.15, -0.1) is 0 Å². The van der Waals surface area contributed by atoms with Crippen molar-refractivity contribution in [3.63, 3.8) is 0 Å². The van der Waals surface area contributed by atoms with E-state index >= 15 is 0 Å². The molecule has 1 N–H and O–H groups in total. The fourth-order valence-electron chi connectivity index (χ4n) is 2.03. The van der Waals surface area contributed by atoms with Crippen LogP contribution in [0.5, 0.6) is 0 Å². The van der Waals surface area contributed by atoms with Crippen molar-refractivity contribution in [1.82, 2.24) is 0 Å². The maximum atomic E-state index is 11.5. The summed E-state index contributed by atoms with van der Waals surface area (Å²) in [5.41, 5.74) is 1.52. The molecule has 0 saturated carbocycles. The van der Waals surface area contributed by atoms with E-state index in [9.17, 15) is 13.5 Å². The molecule has 0 amide bonds. The standard InChI is InChI=1S/C12H17NO4S/c1-18(15,16)11-2-3-12(10(8-11)9-14)13-4-6-17-7-5-13/h2-3,8,14H,4-7,9H2,1H3. The summed E-state index contributed by atoms with van der Waals surface area (Å²) in [6, 6.07) is 4.88. The Morgan fingerprint density at radius 2 is 2.00 bits per heavy atom. The average molecular weight is 271 g/mol. The van der Waals surface area contributed by atoms with Gasteiger partial charge in [0.15, 0.2) is 9.84 Å². The quantitative estimate of drug-likeness (QED) is 0.863. The summed E-state index contributed by atoms with van der Waals surface area (Å²) in [6.45, 7) is 2.64. The highest BCUT2D eigenvalue weighted by atomic mass is 32.2. The molecule has 5 nitrogen and oxygen atoms in total. The summed E-state index contributed by atoms with van der Waals surface area (Å²) in [4.78, 5) is 2.34. The maximum Gasteiger partial charge on any atom is 0.175 e. The summed E-state index contributed by atoms with van der Waals surface area (Å²) in [5, 5.41) is 9.39. The summed E-state index contributed by atoms with van der Waals surface area (Å²) in [5.74, 6) is 0. The molecule has 1 fully saturated rings. The van der Waals surface area contributed by atoms with Crippen molar-refractivity contribution < 1.29 is 18.3 Å². The lowest BCUT2D eigenvalue weighted by Gasteiger charge is -2.30. The molecule has 1 aliphatic heterocycles. The first-order valence-electron chi connectivity index (χ1n) is 5.79. The normalized spacial score (nSPS) is 16.9. The maximum absolute atomic E-state index is 11.5. The van der Waals surface area contributed by atoms with E-state index in [2.05, 4.69) is 4.90 Å². The number of aliphatic hydroxyl groups excluding tert-OH is 1. The van der Waals surface area contributed by atoms with Crippen LogP contribution in [-0.2, 0) is 21.2 Å². The Morgan fingerprint density at radius 3 is 2.56 bits per heavy atom. The molecule has 0 radical (unpaired) electrons. The molecule has 0 bridgehead atoms. The van der Waals surface area contributed by atoms with Gasteiger partial charge in [-0.3, -0.25) is 0 Å². The van der Waals surface area contributed by atoms with Crippen LogP contribution in [0, 0.1) is 0 Å². The van der Waals surface area contributed by atoms with Crippen LogP contribution >= 0.6 is 0 Å². The van der Waals surface area contributed by atoms with Crippen molar-refractivity contribution in [3.05, 3.63) is 23.8 Å². The van der Waals surface area contributed by atoms with E-state index in [1.807, 2.05) is 0 Å². The summed E-state index contributed by atoms with van der Waals surface area (Å²) in [6.07, 6.45) is 1.16. The third-order valence-electron chi connectivity index (χ3n) is 3.00. The Balaban J connectivity index is 2.36. The molecule has 0 spiro atoms. The number of hydrogen-bond donors (Lipinski definition) is 1. The number of rotatable bonds is 3. The highest BCUT2D eigenvalue weighted by Gasteiger charge is 2.16. The molecule has 6 heteroatoms. The zero-order valence-corrected chi connectivity index (χ0v) is 11.1. The van der Waals surface area contributed by atoms with Crippen LogP contribution in [0.3, 0.4) is 0 Å². The summed E-state index contributed by atoms with van der Waals surface area (Å²) < 4.78 is 28.2. The van der Waals surface area contributed by atoms with E-state index in [4.69, 9.17) is 4.74 Å². The second-order valence-corrected chi connectivity index (χ2v) is 6.34. The van der Waals surface area contributed by atoms with Crippen LogP contribution in [-0.4, -0.2) is 46.1 Å². The van der Waals surface area contributed by atoms with Crippen LogP contribution in [0.25, 0.3) is 0 Å². The Morgan fingerprint density at radius 1 is 1.33 bits per heavy atom. The first kappa shape index (κ1) is 13.3. The fourth-order valence-corrected chi connectivity index (χ4v) is 2.70. The van der Waals surface area contributed by atoms with Gasteiger partial charge in [-0.25, -0.2) is 8.42 Å². The lowest BCUT2D eigenvalue weighted by molar-refractivity contribution is 0.122. The van der Waals surface area contributed by atoms with Crippen molar-refractivity contribution in [2.75, 3.05) is 37.5 Å². The predicted octanol–water partition coefficient (Wildman–Crippen LogP) is 0.419. The molecule has 2 rings (SSSR count). The van der Waals surface area contributed by atoms with Gasteiger partial charge >= 0.3 is 0 Å². The van der Waals surface area contributed by atoms with E-state index in [1.165, 1.54) is 0 Å². The van der Waals surface area contributed by atoms with E-state index in [0.717, 1.165) is 25.0 Å². The highest BCUT2D eigenvalue weighted by molar-refractivity contribution is 7.90. The minimum absolute atomic E-state index is 0.171. The first-order valence-corrected chi connectivity index (χ1v) is 7.68. The second kappa shape index (κ2) is 5.26. The highest BCUT2D eigenvalue weighted by Crippen LogP contribution is 2.25. The minimum Gasteiger partial charge on any atom is -0.392 e. The largest absolute Gasteiger partial charge is 0.392 e. The van der Waals surface area contributed by atoms with Gasteiger partial charge in [-0.1, -0.05) is 0 Å². The van der Waals surface area contributed by atoms with Gasteiger partial charge in [0.2, 0.25) is 0 Å². The van der Waals surface area contributed by atoms with Gasteiger partial charge < -0.3 is 14.7 Å². The van der Waals surface area contributed by atoms with E-state index < -0.39 is 9.84 Å². The lowest BCUT2D eigenvalue weighted by atomic mass is 10.1. The van der Waals surface area contributed by atoms with Crippen molar-refractivity contribution in [1.29, 1.82) is 0 Å². The summed E-state index contributed by atoms with van der Waals surface area (Å²) in [7, 11) is -3.24. The number of sulfone groups is 1. The third-order valence-corrected chi connectivity index (χ3v) is 4.11. The van der Waals surface area contributed by atoms with Crippen LogP contribution in [0.4, 0.5) is 5.69 Å². The van der Waals surface area contributed by atoms with Crippen molar-refractivity contribution in [3.8, 4) is 0 Å². The zero-order valence-electron chi connectivity index (χ0n) is 10.3. The van der Waals surface area contributed by atoms with Gasteiger partial charge in [0.1, 0.15) is 0 Å². The minimum atomic E-state index is -3.24. The number of benzene rings is 1. The monoisotopic (exact) mass is 271 g/mol. The molecular formula is C12H17NO4S.